The van der Waals surface area contributed by atoms with Gasteiger partial charge in [-0.25, -0.2) is 23.2 Å². The van der Waals surface area contributed by atoms with Crippen LogP contribution in [0, 0.1) is 0 Å². The van der Waals surface area contributed by atoms with Crippen molar-refractivity contribution in [1.29, 1.82) is 0 Å². The normalized spacial score (nSPS) is 11.1. The van der Waals surface area contributed by atoms with Gasteiger partial charge in [-0.15, -0.1) is 0 Å². The first kappa shape index (κ1) is 14.9. The number of benzene rings is 1. The lowest BCUT2D eigenvalue weighted by atomic mass is 10.1. The quantitative estimate of drug-likeness (QED) is 0.839. The second-order valence-corrected chi connectivity index (χ2v) is 6.29. The van der Waals surface area contributed by atoms with Crippen molar-refractivity contribution in [2.75, 3.05) is 19.1 Å². The van der Waals surface area contributed by atoms with E-state index in [2.05, 4.69) is 14.7 Å². The highest BCUT2D eigenvalue weighted by Gasteiger charge is 2.15. The van der Waals surface area contributed by atoms with Gasteiger partial charge >= 0.3 is 5.97 Å². The number of anilines is 1. The number of methoxy groups -OCH3 is 1. The van der Waals surface area contributed by atoms with Crippen molar-refractivity contribution in [2.45, 2.75) is 4.90 Å². The molecule has 0 aliphatic heterocycles. The van der Waals surface area contributed by atoms with E-state index in [0.29, 0.717) is 11.3 Å². The Balaban J connectivity index is 2.45. The standard InChI is InChI=1S/C13H13N3O4S/c1-20-13(17)11-12(14)15-7-10(16-11)8-3-5-9(6-4-8)21(2,18)19/h3-7H,1-2H3,(H2,14,15). The number of esters is 1. The molecule has 0 fully saturated rings. The van der Waals surface area contributed by atoms with Crippen LogP contribution in [0.1, 0.15) is 10.5 Å². The van der Waals surface area contributed by atoms with E-state index < -0.39 is 15.8 Å². The van der Waals surface area contributed by atoms with Gasteiger partial charge in [0.2, 0.25) is 0 Å². The second kappa shape index (κ2) is 5.49. The van der Waals surface area contributed by atoms with Crippen LogP contribution in [0.3, 0.4) is 0 Å². The lowest BCUT2D eigenvalue weighted by molar-refractivity contribution is 0.0595. The maximum atomic E-state index is 11.5. The molecule has 2 rings (SSSR count). The molecule has 0 saturated carbocycles. The maximum Gasteiger partial charge on any atom is 0.360 e. The highest BCUT2D eigenvalue weighted by molar-refractivity contribution is 7.90. The van der Waals surface area contributed by atoms with Crippen LogP contribution in [0.15, 0.2) is 35.4 Å². The Kier molecular flexibility index (Phi) is 3.90. The fourth-order valence-electron chi connectivity index (χ4n) is 1.66. The first-order valence-electron chi connectivity index (χ1n) is 5.84. The Bertz CT molecular complexity index is 786. The van der Waals surface area contributed by atoms with Gasteiger partial charge < -0.3 is 10.5 Å². The van der Waals surface area contributed by atoms with Crippen molar-refractivity contribution in [3.05, 3.63) is 36.2 Å². The minimum Gasteiger partial charge on any atom is -0.464 e. The van der Waals surface area contributed by atoms with E-state index in [4.69, 9.17) is 5.73 Å². The van der Waals surface area contributed by atoms with Crippen molar-refractivity contribution in [3.63, 3.8) is 0 Å². The molecular weight excluding hydrogens is 294 g/mol. The van der Waals surface area contributed by atoms with Gasteiger partial charge in [-0.3, -0.25) is 0 Å². The van der Waals surface area contributed by atoms with Crippen molar-refractivity contribution < 1.29 is 17.9 Å². The molecule has 2 N–H and O–H groups in total. The fraction of sp³-hybridized carbons (Fsp3) is 0.154. The molecule has 0 atom stereocenters. The number of aromatic nitrogens is 2. The largest absolute Gasteiger partial charge is 0.464 e. The summed E-state index contributed by atoms with van der Waals surface area (Å²) in [5, 5.41) is 0. The van der Waals surface area contributed by atoms with Gasteiger partial charge in [0, 0.05) is 11.8 Å². The topological polar surface area (TPSA) is 112 Å². The van der Waals surface area contributed by atoms with Crippen LogP contribution >= 0.6 is 0 Å². The summed E-state index contributed by atoms with van der Waals surface area (Å²) in [6.07, 6.45) is 2.53. The fourth-order valence-corrected chi connectivity index (χ4v) is 2.29. The van der Waals surface area contributed by atoms with Gasteiger partial charge in [0.1, 0.15) is 0 Å². The molecule has 0 aliphatic carbocycles. The third-order valence-corrected chi connectivity index (χ3v) is 3.89. The van der Waals surface area contributed by atoms with Crippen molar-refractivity contribution in [1.82, 2.24) is 9.97 Å². The van der Waals surface area contributed by atoms with Crippen molar-refractivity contribution in [2.24, 2.45) is 0 Å². The molecule has 0 amide bonds. The first-order valence-corrected chi connectivity index (χ1v) is 7.73. The van der Waals surface area contributed by atoms with Crippen LogP contribution in [0.2, 0.25) is 0 Å². The summed E-state index contributed by atoms with van der Waals surface area (Å²) in [5.74, 6) is -0.715. The number of hydrogen-bond acceptors (Lipinski definition) is 7. The number of carbonyl (C=O) groups is 1. The van der Waals surface area contributed by atoms with E-state index in [1.165, 1.54) is 25.4 Å². The van der Waals surface area contributed by atoms with Crippen molar-refractivity contribution >= 4 is 21.6 Å². The molecule has 0 saturated heterocycles. The van der Waals surface area contributed by atoms with Gasteiger partial charge in [-0.1, -0.05) is 12.1 Å². The summed E-state index contributed by atoms with van der Waals surface area (Å²) in [6.45, 7) is 0. The smallest absolute Gasteiger partial charge is 0.360 e. The summed E-state index contributed by atoms with van der Waals surface area (Å²) < 4.78 is 27.4. The predicted octanol–water partition coefficient (Wildman–Crippen LogP) is 0.916. The molecule has 2 aromatic rings. The lowest BCUT2D eigenvalue weighted by Gasteiger charge is -2.06. The Hall–Kier alpha value is -2.48. The molecule has 0 unspecified atom stereocenters. The third kappa shape index (κ3) is 3.16. The van der Waals surface area contributed by atoms with E-state index in [-0.39, 0.29) is 16.4 Å². The molecule has 0 bridgehead atoms. The van der Waals surface area contributed by atoms with Gasteiger partial charge in [0.05, 0.1) is 23.9 Å². The van der Waals surface area contributed by atoms with Gasteiger partial charge in [0.15, 0.2) is 21.3 Å². The van der Waals surface area contributed by atoms with Crippen LogP contribution in [0.5, 0.6) is 0 Å². The van der Waals surface area contributed by atoms with Gasteiger partial charge in [-0.05, 0) is 12.1 Å². The van der Waals surface area contributed by atoms with Crippen molar-refractivity contribution in [3.8, 4) is 11.3 Å². The zero-order valence-electron chi connectivity index (χ0n) is 11.4. The van der Waals surface area contributed by atoms with Crippen LogP contribution in [-0.2, 0) is 14.6 Å². The number of hydrogen-bond donors (Lipinski definition) is 1. The minimum atomic E-state index is -3.26. The molecule has 0 spiro atoms. The minimum absolute atomic E-state index is 0.0293. The Morgan fingerprint density at radius 1 is 1.24 bits per heavy atom. The number of sulfone groups is 1. The van der Waals surface area contributed by atoms with Crippen LogP contribution in [-0.4, -0.2) is 37.7 Å². The zero-order chi connectivity index (χ0) is 15.6. The maximum absolute atomic E-state index is 11.5. The van der Waals surface area contributed by atoms with Gasteiger partial charge in [0.25, 0.3) is 0 Å². The number of nitrogen functional groups attached to an aromatic ring is 1. The van der Waals surface area contributed by atoms with E-state index in [1.54, 1.807) is 12.1 Å². The third-order valence-electron chi connectivity index (χ3n) is 2.76. The summed E-state index contributed by atoms with van der Waals surface area (Å²) >= 11 is 0. The summed E-state index contributed by atoms with van der Waals surface area (Å²) in [7, 11) is -2.04. The highest BCUT2D eigenvalue weighted by atomic mass is 32.2. The zero-order valence-corrected chi connectivity index (χ0v) is 12.2. The van der Waals surface area contributed by atoms with Crippen LogP contribution in [0.25, 0.3) is 11.3 Å². The van der Waals surface area contributed by atoms with E-state index in [0.717, 1.165) is 6.26 Å². The first-order chi connectivity index (χ1) is 9.82. The van der Waals surface area contributed by atoms with E-state index >= 15 is 0 Å². The molecule has 1 aromatic carbocycles. The average Bonchev–Trinajstić information content (AvgIpc) is 2.46. The summed E-state index contributed by atoms with van der Waals surface area (Å²) in [4.78, 5) is 19.7. The Labute approximate surface area is 121 Å². The number of carbonyl (C=O) groups excluding carboxylic acids is 1. The molecule has 21 heavy (non-hydrogen) atoms. The van der Waals surface area contributed by atoms with E-state index in [1.807, 2.05) is 0 Å². The summed E-state index contributed by atoms with van der Waals surface area (Å²) in [6, 6.07) is 6.08. The van der Waals surface area contributed by atoms with Crippen LogP contribution < -0.4 is 5.73 Å². The number of ether oxygens (including phenoxy) is 1. The molecule has 1 aromatic heterocycles. The highest BCUT2D eigenvalue weighted by Crippen LogP contribution is 2.21. The molecule has 8 heteroatoms. The Morgan fingerprint density at radius 3 is 2.38 bits per heavy atom. The molecule has 7 nitrogen and oxygen atoms in total. The molecule has 1 heterocycles. The number of rotatable bonds is 3. The number of nitrogens with two attached hydrogens (primary N) is 1. The molecule has 110 valence electrons. The molecule has 0 radical (unpaired) electrons. The van der Waals surface area contributed by atoms with Crippen LogP contribution in [0.4, 0.5) is 5.82 Å². The molecular formula is C13H13N3O4S. The van der Waals surface area contributed by atoms with Gasteiger partial charge in [-0.2, -0.15) is 0 Å². The summed E-state index contributed by atoms with van der Waals surface area (Å²) in [5.41, 5.74) is 6.49. The Morgan fingerprint density at radius 2 is 1.86 bits per heavy atom. The van der Waals surface area contributed by atoms with E-state index in [9.17, 15) is 13.2 Å². The SMILES string of the molecule is COC(=O)c1nc(-c2ccc(S(C)(=O)=O)cc2)cnc1N. The lowest BCUT2D eigenvalue weighted by Crippen LogP contribution is -2.10. The monoisotopic (exact) mass is 307 g/mol. The number of nitrogens with zero attached hydrogens (tertiary/aromatic N) is 2. The predicted molar refractivity (Wildman–Crippen MR) is 76.3 cm³/mol. The second-order valence-electron chi connectivity index (χ2n) is 4.28. The molecule has 0 aliphatic rings. The average molecular weight is 307 g/mol.